The normalized spacial score (nSPS) is 12.3. The minimum Gasteiger partial charge on any atom is -0.481 e. The van der Waals surface area contributed by atoms with E-state index in [4.69, 9.17) is 10.2 Å². The Balaban J connectivity index is 3.21. The molecule has 0 fully saturated rings. The number of aliphatic carboxylic acids is 2. The van der Waals surface area contributed by atoms with E-state index in [0.717, 1.165) is 25.7 Å². The van der Waals surface area contributed by atoms with Gasteiger partial charge in [-0.25, -0.2) is 0 Å². The lowest BCUT2D eigenvalue weighted by Crippen LogP contribution is -2.09. The van der Waals surface area contributed by atoms with Gasteiger partial charge in [0.1, 0.15) is 0 Å². The number of unbranched alkanes of at least 4 members (excludes halogenated alkanes) is 4. The van der Waals surface area contributed by atoms with Gasteiger partial charge in [0.2, 0.25) is 0 Å². The monoisotopic (exact) mass is 246 g/mol. The Hall–Kier alpha value is -1.10. The number of carboxylic acid groups (broad SMARTS) is 2. The summed E-state index contributed by atoms with van der Waals surface area (Å²) in [4.78, 5) is 20.5. The van der Waals surface area contributed by atoms with Gasteiger partial charge in [-0.3, -0.25) is 9.59 Å². The van der Waals surface area contributed by atoms with Crippen molar-refractivity contribution in [1.82, 2.24) is 0 Å². The highest BCUT2D eigenvalue weighted by atomic mass is 16.4. The molecule has 5 nitrogen and oxygen atoms in total. The van der Waals surface area contributed by atoms with Crippen molar-refractivity contribution in [2.24, 2.45) is 0 Å². The molecule has 0 saturated carbocycles. The maximum absolute atomic E-state index is 10.2. The molecule has 0 aliphatic heterocycles. The van der Waals surface area contributed by atoms with Crippen molar-refractivity contribution in [2.45, 2.75) is 63.9 Å². The fraction of sp³-hybridized carbons (Fsp3) is 0.833. The van der Waals surface area contributed by atoms with Crippen LogP contribution in [-0.2, 0) is 9.59 Å². The van der Waals surface area contributed by atoms with Gasteiger partial charge < -0.3 is 15.3 Å². The summed E-state index contributed by atoms with van der Waals surface area (Å²) in [7, 11) is 0. The van der Waals surface area contributed by atoms with E-state index >= 15 is 0 Å². The van der Waals surface area contributed by atoms with Crippen LogP contribution in [0.2, 0.25) is 0 Å². The molecule has 0 bridgehead atoms. The lowest BCUT2D eigenvalue weighted by atomic mass is 10.0. The van der Waals surface area contributed by atoms with Gasteiger partial charge in [0.05, 0.1) is 6.10 Å². The number of carbonyl (C=O) groups is 2. The van der Waals surface area contributed by atoms with E-state index in [0.29, 0.717) is 19.3 Å². The molecule has 0 aromatic carbocycles. The molecule has 17 heavy (non-hydrogen) atoms. The summed E-state index contributed by atoms with van der Waals surface area (Å²) >= 11 is 0. The molecule has 0 amide bonds. The topological polar surface area (TPSA) is 94.8 Å². The molecule has 0 aromatic rings. The highest BCUT2D eigenvalue weighted by Crippen LogP contribution is 2.11. The fourth-order valence-corrected chi connectivity index (χ4v) is 1.62. The number of hydrogen-bond donors (Lipinski definition) is 3. The SMILES string of the molecule is O=C(O)CCCCCCCC(O)CCC(=O)O. The summed E-state index contributed by atoms with van der Waals surface area (Å²) < 4.78 is 0. The zero-order valence-electron chi connectivity index (χ0n) is 10.1. The van der Waals surface area contributed by atoms with Crippen LogP contribution in [0.5, 0.6) is 0 Å². The van der Waals surface area contributed by atoms with E-state index in [9.17, 15) is 14.7 Å². The van der Waals surface area contributed by atoms with Crippen LogP contribution >= 0.6 is 0 Å². The van der Waals surface area contributed by atoms with E-state index in [2.05, 4.69) is 0 Å². The summed E-state index contributed by atoms with van der Waals surface area (Å²) in [5.74, 6) is -1.63. The summed E-state index contributed by atoms with van der Waals surface area (Å²) in [6.07, 6.45) is 5.07. The standard InChI is InChI=1S/C12H22O5/c13-10(8-9-12(16)17)6-4-2-1-3-5-7-11(14)15/h10,13H,1-9H2,(H,14,15)(H,16,17). The largest absolute Gasteiger partial charge is 0.481 e. The lowest BCUT2D eigenvalue weighted by molar-refractivity contribution is -0.138. The minimum absolute atomic E-state index is 0.0137. The zero-order chi connectivity index (χ0) is 13.1. The van der Waals surface area contributed by atoms with E-state index in [1.807, 2.05) is 0 Å². The average molecular weight is 246 g/mol. The number of hydrogen-bond acceptors (Lipinski definition) is 3. The third-order valence-electron chi connectivity index (χ3n) is 2.62. The Morgan fingerprint density at radius 3 is 1.88 bits per heavy atom. The first kappa shape index (κ1) is 15.9. The molecular formula is C12H22O5. The molecule has 3 N–H and O–H groups in total. The molecule has 1 atom stereocenters. The van der Waals surface area contributed by atoms with Crippen molar-refractivity contribution in [2.75, 3.05) is 0 Å². The maximum atomic E-state index is 10.2. The van der Waals surface area contributed by atoms with Gasteiger partial charge >= 0.3 is 11.9 Å². The highest BCUT2D eigenvalue weighted by Gasteiger charge is 2.06. The Kier molecular flexibility index (Phi) is 9.43. The predicted molar refractivity (Wildman–Crippen MR) is 62.8 cm³/mol. The average Bonchev–Trinajstić information content (AvgIpc) is 2.24. The molecule has 0 saturated heterocycles. The molecule has 100 valence electrons. The summed E-state index contributed by atoms with van der Waals surface area (Å²) in [6, 6.07) is 0. The first-order chi connectivity index (χ1) is 8.02. The molecule has 1 unspecified atom stereocenters. The van der Waals surface area contributed by atoms with Crippen LogP contribution in [0.25, 0.3) is 0 Å². The Bertz CT molecular complexity index is 227. The molecule has 0 radical (unpaired) electrons. The Labute approximate surface area is 101 Å². The van der Waals surface area contributed by atoms with Crippen LogP contribution in [-0.4, -0.2) is 33.4 Å². The predicted octanol–water partition coefficient (Wildman–Crippen LogP) is 2.03. The lowest BCUT2D eigenvalue weighted by Gasteiger charge is -2.08. The van der Waals surface area contributed by atoms with Crippen molar-refractivity contribution < 1.29 is 24.9 Å². The second kappa shape index (κ2) is 10.1. The second-order valence-corrected chi connectivity index (χ2v) is 4.29. The number of aliphatic hydroxyl groups excluding tert-OH is 1. The summed E-state index contributed by atoms with van der Waals surface area (Å²) in [6.45, 7) is 0. The molecular weight excluding hydrogens is 224 g/mol. The minimum atomic E-state index is -0.877. The quantitative estimate of drug-likeness (QED) is 0.485. The highest BCUT2D eigenvalue weighted by molar-refractivity contribution is 5.66. The van der Waals surface area contributed by atoms with E-state index < -0.39 is 18.0 Å². The van der Waals surface area contributed by atoms with Crippen molar-refractivity contribution in [3.8, 4) is 0 Å². The smallest absolute Gasteiger partial charge is 0.303 e. The van der Waals surface area contributed by atoms with Crippen molar-refractivity contribution in [1.29, 1.82) is 0 Å². The van der Waals surface area contributed by atoms with Crippen LogP contribution in [0.1, 0.15) is 57.8 Å². The van der Waals surface area contributed by atoms with E-state index in [1.165, 1.54) is 0 Å². The van der Waals surface area contributed by atoms with Crippen LogP contribution in [0.3, 0.4) is 0 Å². The molecule has 5 heteroatoms. The molecule has 0 aromatic heterocycles. The zero-order valence-corrected chi connectivity index (χ0v) is 10.1. The van der Waals surface area contributed by atoms with Gasteiger partial charge in [0, 0.05) is 12.8 Å². The number of rotatable bonds is 11. The van der Waals surface area contributed by atoms with Crippen molar-refractivity contribution in [3.05, 3.63) is 0 Å². The summed E-state index contributed by atoms with van der Waals surface area (Å²) in [5.41, 5.74) is 0. The summed E-state index contributed by atoms with van der Waals surface area (Å²) in [5, 5.41) is 26.3. The third kappa shape index (κ3) is 12.8. The van der Waals surface area contributed by atoms with Gasteiger partial charge in [0.15, 0.2) is 0 Å². The van der Waals surface area contributed by atoms with Crippen LogP contribution in [0, 0.1) is 0 Å². The first-order valence-electron chi connectivity index (χ1n) is 6.14. The van der Waals surface area contributed by atoms with Crippen molar-refractivity contribution in [3.63, 3.8) is 0 Å². The Morgan fingerprint density at radius 1 is 0.765 bits per heavy atom. The molecule has 0 rings (SSSR count). The molecule has 0 spiro atoms. The van der Waals surface area contributed by atoms with Gasteiger partial charge in [-0.1, -0.05) is 25.7 Å². The molecule has 0 heterocycles. The van der Waals surface area contributed by atoms with E-state index in [-0.39, 0.29) is 12.8 Å². The van der Waals surface area contributed by atoms with Crippen molar-refractivity contribution >= 4 is 11.9 Å². The fourth-order valence-electron chi connectivity index (χ4n) is 1.62. The van der Waals surface area contributed by atoms with E-state index in [1.54, 1.807) is 0 Å². The Morgan fingerprint density at radius 2 is 1.29 bits per heavy atom. The molecule has 0 aliphatic carbocycles. The van der Waals surface area contributed by atoms with Crippen LogP contribution in [0.4, 0.5) is 0 Å². The number of aliphatic hydroxyl groups is 1. The third-order valence-corrected chi connectivity index (χ3v) is 2.62. The van der Waals surface area contributed by atoms with Gasteiger partial charge in [0.25, 0.3) is 0 Å². The van der Waals surface area contributed by atoms with Crippen LogP contribution in [0.15, 0.2) is 0 Å². The van der Waals surface area contributed by atoms with Crippen LogP contribution < -0.4 is 0 Å². The first-order valence-corrected chi connectivity index (χ1v) is 6.14. The maximum Gasteiger partial charge on any atom is 0.303 e. The van der Waals surface area contributed by atoms with Gasteiger partial charge in [-0.2, -0.15) is 0 Å². The number of carboxylic acids is 2. The molecule has 0 aliphatic rings. The van der Waals surface area contributed by atoms with Gasteiger partial charge in [-0.05, 0) is 19.3 Å². The second-order valence-electron chi connectivity index (χ2n) is 4.29. The van der Waals surface area contributed by atoms with Gasteiger partial charge in [-0.15, -0.1) is 0 Å².